The highest BCUT2D eigenvalue weighted by atomic mass is 35.5. The molecule has 0 bridgehead atoms. The molecular formula is C12H6Cl2N3O2S2-. The minimum absolute atomic E-state index is 0.0264. The number of benzene rings is 1. The van der Waals surface area contributed by atoms with Crippen molar-refractivity contribution in [3.05, 3.63) is 50.6 Å². The quantitative estimate of drug-likeness (QED) is 0.695. The van der Waals surface area contributed by atoms with E-state index in [1.54, 1.807) is 24.3 Å². The molecule has 0 saturated carbocycles. The molecule has 0 spiro atoms. The lowest BCUT2D eigenvalue weighted by Crippen LogP contribution is -1.97. The predicted octanol–water partition coefficient (Wildman–Crippen LogP) is 4.39. The summed E-state index contributed by atoms with van der Waals surface area (Å²) in [5.41, 5.74) is 1.08. The van der Waals surface area contributed by atoms with E-state index in [2.05, 4.69) is 14.7 Å². The van der Waals surface area contributed by atoms with Crippen molar-refractivity contribution in [2.24, 2.45) is 0 Å². The SMILES string of the molecule is O=S(=O)([N-]c1nc2ccccc2nc1Cl)c1ccc(Cl)s1. The highest BCUT2D eigenvalue weighted by molar-refractivity contribution is 7.96. The Morgan fingerprint density at radius 1 is 1.00 bits per heavy atom. The van der Waals surface area contributed by atoms with Crippen molar-refractivity contribution < 1.29 is 8.42 Å². The van der Waals surface area contributed by atoms with Crippen LogP contribution >= 0.6 is 34.5 Å². The molecule has 0 aliphatic rings. The summed E-state index contributed by atoms with van der Waals surface area (Å²) >= 11 is 12.6. The summed E-state index contributed by atoms with van der Waals surface area (Å²) < 4.78 is 28.4. The van der Waals surface area contributed by atoms with Crippen molar-refractivity contribution in [1.82, 2.24) is 9.97 Å². The van der Waals surface area contributed by atoms with Crippen LogP contribution in [0.5, 0.6) is 0 Å². The van der Waals surface area contributed by atoms with E-state index in [4.69, 9.17) is 23.2 Å². The number of nitrogens with zero attached hydrogens (tertiary/aromatic N) is 3. The number of thiophene rings is 1. The number of fused-ring (bicyclic) bond motifs is 1. The molecule has 0 aliphatic carbocycles. The Bertz CT molecular complexity index is 925. The van der Waals surface area contributed by atoms with Gasteiger partial charge in [0.05, 0.1) is 9.85 Å². The van der Waals surface area contributed by atoms with Crippen molar-refractivity contribution in [3.63, 3.8) is 0 Å². The van der Waals surface area contributed by atoms with E-state index in [0.717, 1.165) is 11.3 Å². The molecule has 3 rings (SSSR count). The van der Waals surface area contributed by atoms with Crippen molar-refractivity contribution >= 4 is 61.4 Å². The number of hydrogen-bond acceptors (Lipinski definition) is 5. The normalized spacial score (nSPS) is 11.7. The highest BCUT2D eigenvalue weighted by Crippen LogP contribution is 2.35. The zero-order valence-corrected chi connectivity index (χ0v) is 13.3. The van der Waals surface area contributed by atoms with Crippen LogP contribution in [0.3, 0.4) is 0 Å². The fourth-order valence-electron chi connectivity index (χ4n) is 1.62. The first-order valence-corrected chi connectivity index (χ1v) is 8.62. The van der Waals surface area contributed by atoms with Gasteiger partial charge in [-0.05, 0) is 29.5 Å². The summed E-state index contributed by atoms with van der Waals surface area (Å²) in [5, 5.41) is -0.0695. The second-order valence-corrected chi connectivity index (χ2v) is 7.86. The maximum atomic E-state index is 12.2. The molecule has 2 aromatic heterocycles. The Morgan fingerprint density at radius 2 is 1.67 bits per heavy atom. The van der Waals surface area contributed by atoms with E-state index in [1.165, 1.54) is 12.1 Å². The average molecular weight is 359 g/mol. The minimum Gasteiger partial charge on any atom is -0.431 e. The molecule has 0 unspecified atom stereocenters. The zero-order valence-electron chi connectivity index (χ0n) is 10.2. The predicted molar refractivity (Wildman–Crippen MR) is 84.1 cm³/mol. The molecule has 5 nitrogen and oxygen atoms in total. The van der Waals surface area contributed by atoms with E-state index in [-0.39, 0.29) is 15.2 Å². The summed E-state index contributed by atoms with van der Waals surface area (Å²) in [4.78, 5) is 8.20. The van der Waals surface area contributed by atoms with Gasteiger partial charge in [0, 0.05) is 0 Å². The van der Waals surface area contributed by atoms with Crippen molar-refractivity contribution in [1.29, 1.82) is 0 Å². The lowest BCUT2D eigenvalue weighted by molar-refractivity contribution is 0.605. The second kappa shape index (κ2) is 5.42. The smallest absolute Gasteiger partial charge is 0.212 e. The molecule has 9 heteroatoms. The van der Waals surface area contributed by atoms with Crippen LogP contribution in [0, 0.1) is 0 Å². The number of sulfonamides is 1. The fourth-order valence-corrected chi connectivity index (χ4v) is 4.25. The third-order valence-corrected chi connectivity index (χ3v) is 5.74. The first-order valence-electron chi connectivity index (χ1n) is 5.61. The highest BCUT2D eigenvalue weighted by Gasteiger charge is 2.14. The number of rotatable bonds is 3. The van der Waals surface area contributed by atoms with Crippen LogP contribution in [0.25, 0.3) is 15.8 Å². The van der Waals surface area contributed by atoms with E-state index >= 15 is 0 Å². The van der Waals surface area contributed by atoms with Crippen molar-refractivity contribution in [2.75, 3.05) is 0 Å². The van der Waals surface area contributed by atoms with E-state index in [1.807, 2.05) is 0 Å². The van der Waals surface area contributed by atoms with Crippen LogP contribution in [-0.2, 0) is 10.0 Å². The third kappa shape index (κ3) is 2.96. The third-order valence-electron chi connectivity index (χ3n) is 2.52. The lowest BCUT2D eigenvalue weighted by atomic mass is 10.3. The number of para-hydroxylation sites is 2. The monoisotopic (exact) mass is 358 g/mol. The maximum Gasteiger partial charge on any atom is 0.212 e. The second-order valence-electron chi connectivity index (χ2n) is 3.95. The molecule has 0 atom stereocenters. The Labute approximate surface area is 134 Å². The molecule has 0 saturated heterocycles. The Morgan fingerprint density at radius 3 is 2.29 bits per heavy atom. The van der Waals surface area contributed by atoms with Crippen LogP contribution < -0.4 is 0 Å². The molecular weight excluding hydrogens is 353 g/mol. The van der Waals surface area contributed by atoms with Gasteiger partial charge in [0.25, 0.3) is 0 Å². The number of hydrogen-bond donors (Lipinski definition) is 0. The van der Waals surface area contributed by atoms with Gasteiger partial charge in [-0.3, -0.25) is 0 Å². The first-order chi connectivity index (χ1) is 9.95. The molecule has 0 fully saturated rings. The van der Waals surface area contributed by atoms with Gasteiger partial charge in [0.2, 0.25) is 10.0 Å². The molecule has 2 heterocycles. The van der Waals surface area contributed by atoms with Gasteiger partial charge in [-0.1, -0.05) is 41.4 Å². The van der Waals surface area contributed by atoms with Gasteiger partial charge in [-0.15, -0.1) is 11.3 Å². The van der Waals surface area contributed by atoms with Gasteiger partial charge in [-0.25, -0.2) is 13.4 Å². The van der Waals surface area contributed by atoms with Crippen LogP contribution in [-0.4, -0.2) is 18.4 Å². The molecule has 0 aliphatic heterocycles. The van der Waals surface area contributed by atoms with Crippen LogP contribution in [0.2, 0.25) is 9.49 Å². The van der Waals surface area contributed by atoms with Crippen LogP contribution in [0.15, 0.2) is 40.6 Å². The topological polar surface area (TPSA) is 74.0 Å². The first kappa shape index (κ1) is 14.5. The standard InChI is InChI=1S/C12H6Cl2N3O2S2/c13-9-5-6-10(20-9)21(18,19)17-12-11(14)15-7-3-1-2-4-8(7)16-12/h1-6H/q-1. The van der Waals surface area contributed by atoms with Crippen molar-refractivity contribution in [3.8, 4) is 0 Å². The summed E-state index contributed by atoms with van der Waals surface area (Å²) in [7, 11) is -3.91. The molecule has 21 heavy (non-hydrogen) atoms. The largest absolute Gasteiger partial charge is 0.431 e. The molecule has 108 valence electrons. The maximum absolute atomic E-state index is 12.2. The van der Waals surface area contributed by atoms with E-state index < -0.39 is 10.0 Å². The molecule has 3 aromatic rings. The van der Waals surface area contributed by atoms with E-state index in [0.29, 0.717) is 15.4 Å². The van der Waals surface area contributed by atoms with Gasteiger partial charge in [0.15, 0.2) is 0 Å². The average Bonchev–Trinajstić information content (AvgIpc) is 2.87. The van der Waals surface area contributed by atoms with E-state index in [9.17, 15) is 8.42 Å². The minimum atomic E-state index is -3.91. The zero-order chi connectivity index (χ0) is 15.0. The Hall–Kier alpha value is -1.41. The molecule has 0 radical (unpaired) electrons. The molecule has 0 amide bonds. The van der Waals surface area contributed by atoms with Crippen LogP contribution in [0.1, 0.15) is 0 Å². The number of aromatic nitrogens is 2. The van der Waals surface area contributed by atoms with Crippen LogP contribution in [0.4, 0.5) is 5.82 Å². The van der Waals surface area contributed by atoms with Gasteiger partial charge in [-0.2, -0.15) is 0 Å². The van der Waals surface area contributed by atoms with Gasteiger partial charge < -0.3 is 9.71 Å². The summed E-state index contributed by atoms with van der Waals surface area (Å²) in [6.45, 7) is 0. The van der Waals surface area contributed by atoms with Crippen molar-refractivity contribution in [2.45, 2.75) is 4.21 Å². The van der Waals surface area contributed by atoms with Gasteiger partial charge in [0.1, 0.15) is 9.36 Å². The molecule has 1 aromatic carbocycles. The summed E-state index contributed by atoms with van der Waals surface area (Å²) in [6.07, 6.45) is 0. The summed E-state index contributed by atoms with van der Waals surface area (Å²) in [6, 6.07) is 9.85. The van der Waals surface area contributed by atoms with Gasteiger partial charge >= 0.3 is 0 Å². The molecule has 0 N–H and O–H groups in total. The number of halogens is 2. The Balaban J connectivity index is 2.03. The summed E-state index contributed by atoms with van der Waals surface area (Å²) in [5.74, 6) is -0.139. The lowest BCUT2D eigenvalue weighted by Gasteiger charge is -2.16. The fraction of sp³-hybridized carbons (Fsp3) is 0. The Kier molecular flexibility index (Phi) is 3.75.